The number of dihydropyridines is 1. The fourth-order valence-electron chi connectivity index (χ4n) is 1.78. The molecule has 72 valence electrons. The average molecular weight is 179 g/mol. The third-order valence-corrected chi connectivity index (χ3v) is 2.51. The molecule has 1 fully saturated rings. The second-order valence-corrected chi connectivity index (χ2v) is 3.46. The third kappa shape index (κ3) is 2.25. The smallest absolute Gasteiger partial charge is 0.0358 e. The summed E-state index contributed by atoms with van der Waals surface area (Å²) in [6.45, 7) is 5.56. The summed E-state index contributed by atoms with van der Waals surface area (Å²) in [7, 11) is 0. The van der Waals surface area contributed by atoms with Crippen LogP contribution in [0.4, 0.5) is 0 Å². The molecular weight excluding hydrogens is 162 g/mol. The number of hydrogen-bond acceptors (Lipinski definition) is 3. The predicted octanol–water partition coefficient (Wildman–Crippen LogP) is 0.282. The van der Waals surface area contributed by atoms with Crippen LogP contribution in [0.2, 0.25) is 0 Å². The SMILES string of the molecule is C1=CC(N2CCCNCC2)=CCN1. The van der Waals surface area contributed by atoms with Crippen molar-refractivity contribution in [3.63, 3.8) is 0 Å². The fraction of sp³-hybridized carbons (Fsp3) is 0.600. The first-order valence-electron chi connectivity index (χ1n) is 5.02. The Balaban J connectivity index is 1.97. The Morgan fingerprint density at radius 2 is 2.23 bits per heavy atom. The van der Waals surface area contributed by atoms with Crippen LogP contribution in [0.25, 0.3) is 0 Å². The van der Waals surface area contributed by atoms with Gasteiger partial charge < -0.3 is 15.5 Å². The number of allylic oxidation sites excluding steroid dienone is 1. The zero-order valence-corrected chi connectivity index (χ0v) is 7.92. The van der Waals surface area contributed by atoms with Gasteiger partial charge in [-0.2, -0.15) is 0 Å². The van der Waals surface area contributed by atoms with E-state index in [-0.39, 0.29) is 0 Å². The number of nitrogens with one attached hydrogen (secondary N) is 2. The van der Waals surface area contributed by atoms with E-state index in [9.17, 15) is 0 Å². The molecule has 3 heteroatoms. The quantitative estimate of drug-likeness (QED) is 0.605. The van der Waals surface area contributed by atoms with Gasteiger partial charge in [0.2, 0.25) is 0 Å². The first kappa shape index (κ1) is 8.63. The van der Waals surface area contributed by atoms with Gasteiger partial charge in [0.05, 0.1) is 0 Å². The number of hydrogen-bond donors (Lipinski definition) is 2. The van der Waals surface area contributed by atoms with E-state index < -0.39 is 0 Å². The average Bonchev–Trinajstić information content (AvgIpc) is 2.47. The van der Waals surface area contributed by atoms with E-state index in [1.54, 1.807) is 0 Å². The van der Waals surface area contributed by atoms with Crippen molar-refractivity contribution in [2.75, 3.05) is 32.7 Å². The molecule has 0 amide bonds. The molecule has 0 spiro atoms. The molecule has 0 atom stereocenters. The highest BCUT2D eigenvalue weighted by Gasteiger charge is 2.10. The number of rotatable bonds is 1. The molecule has 2 heterocycles. The van der Waals surface area contributed by atoms with E-state index >= 15 is 0 Å². The van der Waals surface area contributed by atoms with E-state index in [0.29, 0.717) is 0 Å². The summed E-state index contributed by atoms with van der Waals surface area (Å²) in [5.41, 5.74) is 1.38. The van der Waals surface area contributed by atoms with E-state index in [4.69, 9.17) is 0 Å². The molecule has 0 unspecified atom stereocenters. The lowest BCUT2D eigenvalue weighted by atomic mass is 10.2. The second kappa shape index (κ2) is 4.33. The third-order valence-electron chi connectivity index (χ3n) is 2.51. The standard InChI is InChI=1S/C10H17N3/c1-4-11-7-9-13(8-1)10-2-5-12-6-3-10/h2-3,5,11-12H,1,4,6-9H2. The zero-order chi connectivity index (χ0) is 8.93. The second-order valence-electron chi connectivity index (χ2n) is 3.46. The first-order chi connectivity index (χ1) is 6.47. The van der Waals surface area contributed by atoms with Crippen LogP contribution >= 0.6 is 0 Å². The molecule has 13 heavy (non-hydrogen) atoms. The predicted molar refractivity (Wildman–Crippen MR) is 54.3 cm³/mol. The molecule has 0 aromatic carbocycles. The van der Waals surface area contributed by atoms with Crippen molar-refractivity contribution in [2.24, 2.45) is 0 Å². The van der Waals surface area contributed by atoms with Gasteiger partial charge >= 0.3 is 0 Å². The minimum absolute atomic E-state index is 0.968. The molecule has 0 radical (unpaired) electrons. The Labute approximate surface area is 79.5 Å². The lowest BCUT2D eigenvalue weighted by Gasteiger charge is -2.25. The Morgan fingerprint density at radius 1 is 1.23 bits per heavy atom. The van der Waals surface area contributed by atoms with Gasteiger partial charge in [-0.05, 0) is 31.3 Å². The molecule has 1 saturated heterocycles. The van der Waals surface area contributed by atoms with Crippen molar-refractivity contribution in [3.05, 3.63) is 24.0 Å². The monoisotopic (exact) mass is 179 g/mol. The maximum atomic E-state index is 3.41. The molecule has 0 saturated carbocycles. The van der Waals surface area contributed by atoms with Crippen LogP contribution in [0.1, 0.15) is 6.42 Å². The molecule has 0 bridgehead atoms. The van der Waals surface area contributed by atoms with Crippen molar-refractivity contribution in [2.45, 2.75) is 6.42 Å². The van der Waals surface area contributed by atoms with Crippen molar-refractivity contribution in [1.82, 2.24) is 15.5 Å². The van der Waals surface area contributed by atoms with E-state index in [2.05, 4.69) is 27.7 Å². The Bertz CT molecular complexity index is 212. The molecule has 2 N–H and O–H groups in total. The highest BCUT2D eigenvalue weighted by molar-refractivity contribution is 5.21. The summed E-state index contributed by atoms with van der Waals surface area (Å²) in [6, 6.07) is 0. The Morgan fingerprint density at radius 3 is 3.08 bits per heavy atom. The molecule has 2 aliphatic heterocycles. The summed E-state index contributed by atoms with van der Waals surface area (Å²) in [5.74, 6) is 0. The topological polar surface area (TPSA) is 27.3 Å². The normalized spacial score (nSPS) is 23.4. The largest absolute Gasteiger partial charge is 0.387 e. The van der Waals surface area contributed by atoms with E-state index in [0.717, 1.165) is 26.2 Å². The van der Waals surface area contributed by atoms with Crippen LogP contribution in [0, 0.1) is 0 Å². The summed E-state index contributed by atoms with van der Waals surface area (Å²) < 4.78 is 0. The summed E-state index contributed by atoms with van der Waals surface area (Å²) in [4.78, 5) is 2.46. The van der Waals surface area contributed by atoms with E-state index in [1.807, 2.05) is 6.20 Å². The molecule has 0 aliphatic carbocycles. The van der Waals surface area contributed by atoms with Crippen LogP contribution in [0.3, 0.4) is 0 Å². The maximum absolute atomic E-state index is 3.41. The maximum Gasteiger partial charge on any atom is 0.0358 e. The molecule has 0 aromatic heterocycles. The van der Waals surface area contributed by atoms with Crippen LogP contribution < -0.4 is 10.6 Å². The van der Waals surface area contributed by atoms with Gasteiger partial charge in [0, 0.05) is 31.9 Å². The minimum Gasteiger partial charge on any atom is -0.387 e. The van der Waals surface area contributed by atoms with Gasteiger partial charge in [0.1, 0.15) is 0 Å². The van der Waals surface area contributed by atoms with Crippen LogP contribution in [-0.4, -0.2) is 37.6 Å². The number of nitrogens with zero attached hydrogens (tertiary/aromatic N) is 1. The van der Waals surface area contributed by atoms with Gasteiger partial charge in [0.15, 0.2) is 0 Å². The van der Waals surface area contributed by atoms with Crippen LogP contribution in [-0.2, 0) is 0 Å². The van der Waals surface area contributed by atoms with Crippen LogP contribution in [0.5, 0.6) is 0 Å². The summed E-state index contributed by atoms with van der Waals surface area (Å²) in [5, 5.41) is 6.58. The molecule has 2 aliphatic rings. The van der Waals surface area contributed by atoms with E-state index in [1.165, 1.54) is 18.7 Å². The van der Waals surface area contributed by atoms with Gasteiger partial charge in [-0.25, -0.2) is 0 Å². The summed E-state index contributed by atoms with van der Waals surface area (Å²) >= 11 is 0. The Hall–Kier alpha value is -0.960. The Kier molecular flexibility index (Phi) is 2.87. The van der Waals surface area contributed by atoms with Gasteiger partial charge in [0.25, 0.3) is 0 Å². The first-order valence-corrected chi connectivity index (χ1v) is 5.02. The highest BCUT2D eigenvalue weighted by Crippen LogP contribution is 2.09. The van der Waals surface area contributed by atoms with Gasteiger partial charge in [-0.3, -0.25) is 0 Å². The van der Waals surface area contributed by atoms with Crippen molar-refractivity contribution < 1.29 is 0 Å². The summed E-state index contributed by atoms with van der Waals surface area (Å²) in [6.07, 6.45) is 7.70. The van der Waals surface area contributed by atoms with Crippen molar-refractivity contribution in [3.8, 4) is 0 Å². The molecular formula is C10H17N3. The van der Waals surface area contributed by atoms with Crippen molar-refractivity contribution >= 4 is 0 Å². The molecule has 0 aromatic rings. The highest BCUT2D eigenvalue weighted by atomic mass is 15.2. The fourth-order valence-corrected chi connectivity index (χ4v) is 1.78. The van der Waals surface area contributed by atoms with Crippen molar-refractivity contribution in [1.29, 1.82) is 0 Å². The zero-order valence-electron chi connectivity index (χ0n) is 7.92. The lowest BCUT2D eigenvalue weighted by molar-refractivity contribution is 0.376. The molecule has 3 nitrogen and oxygen atoms in total. The lowest BCUT2D eigenvalue weighted by Crippen LogP contribution is -2.28. The van der Waals surface area contributed by atoms with Gasteiger partial charge in [-0.1, -0.05) is 0 Å². The van der Waals surface area contributed by atoms with Gasteiger partial charge in [-0.15, -0.1) is 0 Å². The van der Waals surface area contributed by atoms with Crippen LogP contribution in [0.15, 0.2) is 24.0 Å². The minimum atomic E-state index is 0.968. The molecule has 2 rings (SSSR count).